The van der Waals surface area contributed by atoms with Gasteiger partial charge in [-0.15, -0.1) is 0 Å². The monoisotopic (exact) mass is 319 g/mol. The summed E-state index contributed by atoms with van der Waals surface area (Å²) in [7, 11) is 4.10. The average Bonchev–Trinajstić information content (AvgIpc) is 2.87. The summed E-state index contributed by atoms with van der Waals surface area (Å²) in [5, 5.41) is 0.745. The van der Waals surface area contributed by atoms with Crippen LogP contribution in [0.5, 0.6) is 0 Å². The van der Waals surface area contributed by atoms with E-state index in [4.69, 9.17) is 21.1 Å². The van der Waals surface area contributed by atoms with Crippen molar-refractivity contribution in [3.63, 3.8) is 0 Å². The normalized spacial score (nSPS) is 23.1. The van der Waals surface area contributed by atoms with Crippen molar-refractivity contribution in [2.24, 2.45) is 0 Å². The van der Waals surface area contributed by atoms with Gasteiger partial charge in [0, 0.05) is 17.0 Å². The third-order valence-corrected chi connectivity index (χ3v) is 4.46. The molecular formula is C18H22ClNO2. The zero-order valence-electron chi connectivity index (χ0n) is 13.5. The average molecular weight is 320 g/mol. The zero-order valence-corrected chi connectivity index (χ0v) is 14.3. The van der Waals surface area contributed by atoms with E-state index in [1.54, 1.807) is 0 Å². The lowest BCUT2D eigenvalue weighted by Gasteiger charge is -2.31. The summed E-state index contributed by atoms with van der Waals surface area (Å²) in [5.74, 6) is 2.12. The van der Waals surface area contributed by atoms with Crippen LogP contribution in [0.3, 0.4) is 0 Å². The second kappa shape index (κ2) is 5.98. The number of benzene rings is 1. The number of rotatable bonds is 4. The molecule has 1 heterocycles. The van der Waals surface area contributed by atoms with E-state index in [1.807, 2.05) is 19.1 Å². The van der Waals surface area contributed by atoms with Gasteiger partial charge in [0.1, 0.15) is 11.5 Å². The fourth-order valence-electron chi connectivity index (χ4n) is 3.32. The number of allylic oxidation sites excluding steroid dienone is 2. The van der Waals surface area contributed by atoms with Crippen molar-refractivity contribution >= 4 is 17.7 Å². The quantitative estimate of drug-likeness (QED) is 0.821. The zero-order chi connectivity index (χ0) is 15.9. The highest BCUT2D eigenvalue weighted by Gasteiger charge is 2.43. The molecule has 1 aromatic carbocycles. The number of likely N-dealkylation sites (N-methyl/N-ethyl adjacent to an activating group) is 1. The largest absolute Gasteiger partial charge is 0.493 e. The molecule has 2 unspecified atom stereocenters. The first-order chi connectivity index (χ1) is 10.6. The minimum atomic E-state index is -0.00553. The van der Waals surface area contributed by atoms with E-state index < -0.39 is 0 Å². The minimum Gasteiger partial charge on any atom is -0.493 e. The molecule has 0 fully saturated rings. The lowest BCUT2D eigenvalue weighted by Crippen LogP contribution is -2.34. The molecule has 0 N–H and O–H groups in total. The van der Waals surface area contributed by atoms with Crippen LogP contribution in [0.2, 0.25) is 5.02 Å². The molecule has 2 atom stereocenters. The molecule has 1 aliphatic carbocycles. The molecule has 2 aliphatic rings. The van der Waals surface area contributed by atoms with Gasteiger partial charge in [0.05, 0.1) is 12.5 Å². The highest BCUT2D eigenvalue weighted by Crippen LogP contribution is 2.49. The van der Waals surface area contributed by atoms with Gasteiger partial charge >= 0.3 is 0 Å². The fourth-order valence-corrected chi connectivity index (χ4v) is 3.50. The first kappa shape index (κ1) is 15.4. The molecule has 0 amide bonds. The van der Waals surface area contributed by atoms with Crippen LogP contribution in [-0.4, -0.2) is 31.8 Å². The third kappa shape index (κ3) is 2.42. The van der Waals surface area contributed by atoms with Crippen molar-refractivity contribution in [2.75, 3.05) is 20.7 Å². The Balaban J connectivity index is 2.19. The van der Waals surface area contributed by atoms with Gasteiger partial charge < -0.3 is 9.47 Å². The molecule has 1 aliphatic heterocycles. The van der Waals surface area contributed by atoms with Crippen molar-refractivity contribution in [1.82, 2.24) is 4.90 Å². The maximum atomic E-state index is 6.23. The van der Waals surface area contributed by atoms with Crippen LogP contribution in [-0.2, 0) is 9.47 Å². The van der Waals surface area contributed by atoms with Gasteiger partial charge in [-0.2, -0.15) is 0 Å². The van der Waals surface area contributed by atoms with Gasteiger partial charge in [0.2, 0.25) is 0 Å². The second-order valence-electron chi connectivity index (χ2n) is 5.85. The van der Waals surface area contributed by atoms with Gasteiger partial charge in [0.15, 0.2) is 6.23 Å². The van der Waals surface area contributed by atoms with Gasteiger partial charge in [-0.1, -0.05) is 24.6 Å². The Bertz CT molecular complexity index is 648. The van der Waals surface area contributed by atoms with Crippen LogP contribution in [0.4, 0.5) is 0 Å². The molecule has 0 aromatic heterocycles. The Labute approximate surface area is 137 Å². The van der Waals surface area contributed by atoms with E-state index in [0.29, 0.717) is 6.61 Å². The van der Waals surface area contributed by atoms with Crippen LogP contribution in [0, 0.1) is 0 Å². The summed E-state index contributed by atoms with van der Waals surface area (Å²) in [6, 6.07) is 6.07. The second-order valence-corrected chi connectivity index (χ2v) is 6.29. The first-order valence-electron chi connectivity index (χ1n) is 7.77. The van der Waals surface area contributed by atoms with Crippen LogP contribution >= 0.6 is 11.6 Å². The van der Waals surface area contributed by atoms with E-state index >= 15 is 0 Å². The number of hydrogen-bond donors (Lipinski definition) is 0. The lowest BCUT2D eigenvalue weighted by molar-refractivity contribution is 0.0145. The van der Waals surface area contributed by atoms with E-state index in [9.17, 15) is 0 Å². The smallest absolute Gasteiger partial charge is 0.162 e. The maximum Gasteiger partial charge on any atom is 0.162 e. The molecule has 0 radical (unpaired) electrons. The highest BCUT2D eigenvalue weighted by atomic mass is 35.5. The van der Waals surface area contributed by atoms with Crippen LogP contribution in [0.25, 0.3) is 6.08 Å². The van der Waals surface area contributed by atoms with Crippen molar-refractivity contribution in [2.45, 2.75) is 32.4 Å². The van der Waals surface area contributed by atoms with Gasteiger partial charge in [-0.05, 0) is 50.4 Å². The van der Waals surface area contributed by atoms with Gasteiger partial charge in [0.25, 0.3) is 0 Å². The van der Waals surface area contributed by atoms with E-state index in [2.05, 4.69) is 38.1 Å². The predicted octanol–water partition coefficient (Wildman–Crippen LogP) is 4.40. The summed E-state index contributed by atoms with van der Waals surface area (Å²) in [5.41, 5.74) is 3.57. The molecule has 0 spiro atoms. The Morgan fingerprint density at radius 2 is 2.05 bits per heavy atom. The minimum absolute atomic E-state index is 0.00553. The number of halogens is 1. The van der Waals surface area contributed by atoms with E-state index in [-0.39, 0.29) is 12.1 Å². The SMILES string of the molecule is CCOC1=Cc2cc(Cl)ccc2C2C1=C(CC)OC2N(C)C. The van der Waals surface area contributed by atoms with E-state index in [1.165, 1.54) is 11.1 Å². The predicted molar refractivity (Wildman–Crippen MR) is 89.7 cm³/mol. The molecular weight excluding hydrogens is 298 g/mol. The Morgan fingerprint density at radius 3 is 2.68 bits per heavy atom. The lowest BCUT2D eigenvalue weighted by atomic mass is 9.81. The molecule has 0 saturated carbocycles. The van der Waals surface area contributed by atoms with Gasteiger partial charge in [-0.25, -0.2) is 0 Å². The molecule has 3 nitrogen and oxygen atoms in total. The molecule has 0 bridgehead atoms. The van der Waals surface area contributed by atoms with Crippen LogP contribution in [0.1, 0.15) is 37.3 Å². The molecule has 0 saturated heterocycles. The third-order valence-electron chi connectivity index (χ3n) is 4.23. The summed E-state index contributed by atoms with van der Waals surface area (Å²) in [6.45, 7) is 4.77. The topological polar surface area (TPSA) is 21.7 Å². The summed E-state index contributed by atoms with van der Waals surface area (Å²) in [6.07, 6.45) is 2.95. The fraction of sp³-hybridized carbons (Fsp3) is 0.444. The molecule has 4 heteroatoms. The summed E-state index contributed by atoms with van der Waals surface area (Å²) in [4.78, 5) is 2.13. The number of ether oxygens (including phenoxy) is 2. The number of hydrogen-bond acceptors (Lipinski definition) is 3. The number of nitrogens with zero attached hydrogens (tertiary/aromatic N) is 1. The molecule has 3 rings (SSSR count). The van der Waals surface area contributed by atoms with Crippen molar-refractivity contribution in [3.8, 4) is 0 Å². The molecule has 1 aromatic rings. The van der Waals surface area contributed by atoms with Crippen molar-refractivity contribution < 1.29 is 9.47 Å². The maximum absolute atomic E-state index is 6.23. The van der Waals surface area contributed by atoms with Crippen LogP contribution < -0.4 is 0 Å². The Hall–Kier alpha value is -1.45. The molecule has 22 heavy (non-hydrogen) atoms. The Morgan fingerprint density at radius 1 is 1.27 bits per heavy atom. The van der Waals surface area contributed by atoms with E-state index in [0.717, 1.165) is 28.5 Å². The summed E-state index contributed by atoms with van der Waals surface area (Å²) >= 11 is 6.18. The van der Waals surface area contributed by atoms with Crippen molar-refractivity contribution in [1.29, 1.82) is 0 Å². The highest BCUT2D eigenvalue weighted by molar-refractivity contribution is 6.30. The standard InChI is InChI=1S/C18H22ClNO2/c1-5-14-17-15(21-6-2)10-11-9-12(19)7-8-13(11)16(17)18(22-14)20(3)4/h7-10,16,18H,5-6H2,1-4H3. The molecule has 118 valence electrons. The Kier molecular flexibility index (Phi) is 4.20. The van der Waals surface area contributed by atoms with Crippen molar-refractivity contribution in [3.05, 3.63) is 51.4 Å². The summed E-state index contributed by atoms with van der Waals surface area (Å²) < 4.78 is 12.1. The first-order valence-corrected chi connectivity index (χ1v) is 8.15. The van der Waals surface area contributed by atoms with Gasteiger partial charge in [-0.3, -0.25) is 4.90 Å². The number of fused-ring (bicyclic) bond motifs is 3. The van der Waals surface area contributed by atoms with Crippen LogP contribution in [0.15, 0.2) is 35.3 Å².